The van der Waals surface area contributed by atoms with Gasteiger partial charge in [0.25, 0.3) is 0 Å². The van der Waals surface area contributed by atoms with Crippen molar-refractivity contribution in [2.75, 3.05) is 14.7 Å². The van der Waals surface area contributed by atoms with Gasteiger partial charge in [0, 0.05) is 47.8 Å². The number of pyridine rings is 4. The quantitative estimate of drug-likeness (QED) is 0.0406. The number of rotatable bonds is 33. The number of aryl methyl sites for hydroxylation is 6. The van der Waals surface area contributed by atoms with Crippen LogP contribution >= 0.6 is 0 Å². The first-order chi connectivity index (χ1) is 39.1. The number of hydrogen-bond acceptors (Lipinski definition) is 7. The van der Waals surface area contributed by atoms with E-state index in [9.17, 15) is 0 Å². The van der Waals surface area contributed by atoms with Gasteiger partial charge in [-0.2, -0.15) is 0 Å². The van der Waals surface area contributed by atoms with Gasteiger partial charge >= 0.3 is 0 Å². The lowest BCUT2D eigenvalue weighted by molar-refractivity contribution is 0.555. The summed E-state index contributed by atoms with van der Waals surface area (Å²) >= 11 is 0. The lowest BCUT2D eigenvalue weighted by atomic mass is 10.0. The zero-order valence-electron chi connectivity index (χ0n) is 52.1. The summed E-state index contributed by atoms with van der Waals surface area (Å²) in [4.78, 5) is 28.6. The molecule has 4 aromatic heterocycles. The van der Waals surface area contributed by atoms with Crippen LogP contribution < -0.4 is 14.7 Å². The molecule has 0 radical (unpaired) electrons. The third kappa shape index (κ3) is 20.0. The lowest BCUT2D eigenvalue weighted by Crippen LogP contribution is -2.19. The molecule has 432 valence electrons. The summed E-state index contributed by atoms with van der Waals surface area (Å²) in [5.41, 5.74) is 11.7. The van der Waals surface area contributed by atoms with Gasteiger partial charge in [-0.05, 0) is 201 Å². The Labute approximate surface area is 491 Å². The average Bonchev–Trinajstić information content (AvgIpc) is 3.54. The molecule has 7 aromatic rings. The van der Waals surface area contributed by atoms with Crippen molar-refractivity contribution in [1.82, 2.24) is 19.9 Å². The molecule has 7 nitrogen and oxygen atoms in total. The fourth-order valence-electron chi connectivity index (χ4n) is 10.8. The summed E-state index contributed by atoms with van der Waals surface area (Å²) < 4.78 is 0. The Bertz CT molecular complexity index is 2370. The molecule has 3 aromatic carbocycles. The van der Waals surface area contributed by atoms with Gasteiger partial charge in [-0.3, -0.25) is 14.7 Å². The number of hydrogen-bond donors (Lipinski definition) is 0. The van der Waals surface area contributed by atoms with Crippen molar-refractivity contribution in [2.45, 2.75) is 199 Å². The molecule has 0 aliphatic rings. The Morgan fingerprint density at radius 1 is 0.259 bits per heavy atom. The maximum atomic E-state index is 5.82. The Kier molecular flexibility index (Phi) is 24.4. The maximum Gasteiger partial charge on any atom is 0.143 e. The number of nitrogens with zero attached hydrogens (tertiary/aromatic N) is 7. The molecule has 4 heterocycles. The van der Waals surface area contributed by atoms with Crippen LogP contribution in [0.5, 0.6) is 0 Å². The Hall–Kier alpha value is -6.34. The van der Waals surface area contributed by atoms with Crippen LogP contribution in [-0.4, -0.2) is 19.9 Å². The lowest BCUT2D eigenvalue weighted by Gasteiger charge is -2.31. The minimum Gasteiger partial charge on any atom is -0.295 e. The van der Waals surface area contributed by atoms with E-state index in [1.165, 1.54) is 78.3 Å². The molecule has 7 heteroatoms. The van der Waals surface area contributed by atoms with Crippen molar-refractivity contribution in [3.05, 3.63) is 173 Å². The first-order valence-corrected chi connectivity index (χ1v) is 31.6. The second-order valence-electron chi connectivity index (χ2n) is 25.8. The molecule has 0 spiro atoms. The van der Waals surface area contributed by atoms with Gasteiger partial charge in [0.2, 0.25) is 0 Å². The first-order valence-electron chi connectivity index (χ1n) is 31.6. The SMILES string of the molecule is CC(C)CCCc1ccc(N(c2cc(N(c3ccc(CCCC(C)C)cc3)c3ccc(CCCC(C)C)cn3)nc(N(c3ccc(CCCC(C)C)cc3)c3ccc(CCCC(C)C)cn3)c2)c2ccc(CCCC(C)C)cn2)cc1. The van der Waals surface area contributed by atoms with Crippen LogP contribution in [0.25, 0.3) is 0 Å². The van der Waals surface area contributed by atoms with Crippen LogP contribution in [0.2, 0.25) is 0 Å². The van der Waals surface area contributed by atoms with E-state index >= 15 is 0 Å². The van der Waals surface area contributed by atoms with Crippen LogP contribution in [0.1, 0.15) is 194 Å². The second-order valence-corrected chi connectivity index (χ2v) is 25.8. The third-order valence-corrected chi connectivity index (χ3v) is 15.7. The van der Waals surface area contributed by atoms with Gasteiger partial charge in [-0.1, -0.05) is 176 Å². The van der Waals surface area contributed by atoms with Crippen LogP contribution in [0, 0.1) is 35.5 Å². The van der Waals surface area contributed by atoms with Gasteiger partial charge in [0.1, 0.15) is 29.1 Å². The van der Waals surface area contributed by atoms with E-state index in [0.29, 0.717) is 35.5 Å². The van der Waals surface area contributed by atoms with Crippen molar-refractivity contribution in [1.29, 1.82) is 0 Å². The molecule has 7 rings (SSSR count). The molecular formula is C74H101N7. The summed E-state index contributed by atoms with van der Waals surface area (Å²) in [5, 5.41) is 0. The summed E-state index contributed by atoms with van der Waals surface area (Å²) in [5.74, 6) is 8.00. The smallest absolute Gasteiger partial charge is 0.143 e. The summed E-state index contributed by atoms with van der Waals surface area (Å²) in [6, 6.07) is 45.4. The molecule has 0 unspecified atom stereocenters. The van der Waals surface area contributed by atoms with E-state index in [4.69, 9.17) is 19.9 Å². The highest BCUT2D eigenvalue weighted by Gasteiger charge is 2.25. The van der Waals surface area contributed by atoms with E-state index in [-0.39, 0.29) is 0 Å². The molecule has 0 amide bonds. The molecule has 0 bridgehead atoms. The monoisotopic (exact) mass is 1090 g/mol. The highest BCUT2D eigenvalue weighted by Crippen LogP contribution is 2.44. The molecule has 0 fully saturated rings. The van der Waals surface area contributed by atoms with Crippen molar-refractivity contribution >= 4 is 51.8 Å². The van der Waals surface area contributed by atoms with Gasteiger partial charge < -0.3 is 0 Å². The van der Waals surface area contributed by atoms with E-state index < -0.39 is 0 Å². The summed E-state index contributed by atoms with van der Waals surface area (Å²) in [6.45, 7) is 27.7. The second kappa shape index (κ2) is 31.8. The van der Waals surface area contributed by atoms with E-state index in [2.05, 4.69) is 238 Å². The van der Waals surface area contributed by atoms with E-state index in [0.717, 1.165) is 122 Å². The van der Waals surface area contributed by atoms with Crippen LogP contribution in [0.3, 0.4) is 0 Å². The zero-order valence-corrected chi connectivity index (χ0v) is 52.1. The molecular weight excluding hydrogens is 987 g/mol. The predicted molar refractivity (Wildman–Crippen MR) is 348 cm³/mol. The molecule has 81 heavy (non-hydrogen) atoms. The molecule has 0 aliphatic carbocycles. The van der Waals surface area contributed by atoms with E-state index in [1.54, 1.807) is 0 Å². The van der Waals surface area contributed by atoms with Crippen molar-refractivity contribution < 1.29 is 0 Å². The third-order valence-electron chi connectivity index (χ3n) is 15.7. The fourth-order valence-corrected chi connectivity index (χ4v) is 10.8. The van der Waals surface area contributed by atoms with Gasteiger partial charge in [-0.15, -0.1) is 0 Å². The topological polar surface area (TPSA) is 61.3 Å². The Morgan fingerprint density at radius 2 is 0.494 bits per heavy atom. The van der Waals surface area contributed by atoms with Crippen LogP contribution in [0.15, 0.2) is 140 Å². The van der Waals surface area contributed by atoms with Crippen LogP contribution in [-0.2, 0) is 38.5 Å². The molecule has 0 saturated heterocycles. The molecule has 0 N–H and O–H groups in total. The highest BCUT2D eigenvalue weighted by atomic mass is 15.3. The Morgan fingerprint density at radius 3 is 0.741 bits per heavy atom. The van der Waals surface area contributed by atoms with Gasteiger partial charge in [-0.25, -0.2) is 19.9 Å². The molecule has 0 atom stereocenters. The fraction of sp³-hybridized carbons (Fsp3) is 0.486. The standard InChI is InChI=1S/C74H101N7/c1-54(2)19-13-25-60-31-40-66(41-32-60)79(70-46-37-63(51-75-70)28-16-22-57(7)8)69-49-73(80(67-42-33-61(34-43-67)26-14-20-55(3)4)71-47-38-64(52-76-71)29-17-23-58(9)10)78-74(50-69)81(68-44-35-62(36-45-68)27-15-21-56(5)6)72-48-39-65(53-77-72)30-18-24-59(11)12/h31-59H,13-30H2,1-12H3. The van der Waals surface area contributed by atoms with Crippen molar-refractivity contribution in [3.8, 4) is 0 Å². The number of benzene rings is 3. The van der Waals surface area contributed by atoms with Gasteiger partial charge in [0.05, 0.1) is 5.69 Å². The summed E-state index contributed by atoms with van der Waals surface area (Å²) in [6.07, 6.45) is 26.5. The maximum absolute atomic E-state index is 5.82. The van der Waals surface area contributed by atoms with Crippen LogP contribution in [0.4, 0.5) is 51.8 Å². The predicted octanol–water partition coefficient (Wildman–Crippen LogP) is 21.5. The molecule has 0 aliphatic heterocycles. The van der Waals surface area contributed by atoms with Crippen molar-refractivity contribution in [3.63, 3.8) is 0 Å². The molecule has 0 saturated carbocycles. The number of anilines is 9. The average molecular weight is 1090 g/mol. The normalized spacial score (nSPS) is 11.8. The first kappa shape index (κ1) is 62.3. The minimum absolute atomic E-state index is 0.666. The summed E-state index contributed by atoms with van der Waals surface area (Å²) in [7, 11) is 0. The Balaban J connectivity index is 1.46. The van der Waals surface area contributed by atoms with Gasteiger partial charge in [0.15, 0.2) is 0 Å². The highest BCUT2D eigenvalue weighted by molar-refractivity contribution is 5.84. The largest absolute Gasteiger partial charge is 0.295 e. The van der Waals surface area contributed by atoms with Crippen molar-refractivity contribution in [2.24, 2.45) is 35.5 Å². The minimum atomic E-state index is 0.666. The number of aromatic nitrogens is 4. The van der Waals surface area contributed by atoms with E-state index in [1.807, 2.05) is 0 Å². The zero-order chi connectivity index (χ0) is 57.7.